The van der Waals surface area contributed by atoms with Gasteiger partial charge in [-0.25, -0.2) is 0 Å². The van der Waals surface area contributed by atoms with Crippen LogP contribution in [0.15, 0.2) is 16.5 Å². The molecule has 0 amide bonds. The predicted octanol–water partition coefficient (Wildman–Crippen LogP) is 2.97. The van der Waals surface area contributed by atoms with Crippen LogP contribution in [0.2, 0.25) is 0 Å². The number of hydrogen-bond donors (Lipinski definition) is 1. The summed E-state index contributed by atoms with van der Waals surface area (Å²) >= 11 is 0. The van der Waals surface area contributed by atoms with E-state index < -0.39 is 17.9 Å². The molecule has 0 saturated carbocycles. The summed E-state index contributed by atoms with van der Waals surface area (Å²) in [5.74, 6) is -0.257. The van der Waals surface area contributed by atoms with Crippen molar-refractivity contribution in [3.63, 3.8) is 0 Å². The molecule has 2 N–H and O–H groups in total. The summed E-state index contributed by atoms with van der Waals surface area (Å²) in [7, 11) is 0. The molecular weight excluding hydrogens is 311 g/mol. The fraction of sp³-hybridized carbons (Fsp3) is 0.500. The van der Waals surface area contributed by atoms with Gasteiger partial charge >= 0.3 is 6.18 Å². The minimum Gasteiger partial charge on any atom is -0.464 e. The molecule has 3 rings (SSSR count). The molecule has 0 spiro atoms. The van der Waals surface area contributed by atoms with Crippen molar-refractivity contribution in [2.45, 2.75) is 38.4 Å². The Morgan fingerprint density at radius 3 is 2.74 bits per heavy atom. The predicted molar refractivity (Wildman–Crippen MR) is 76.6 cm³/mol. The van der Waals surface area contributed by atoms with Gasteiger partial charge in [0.15, 0.2) is 0 Å². The minimum atomic E-state index is -4.67. The second-order valence-electron chi connectivity index (χ2n) is 5.32. The van der Waals surface area contributed by atoms with Gasteiger partial charge in [-0.2, -0.15) is 28.1 Å². The Bertz CT molecular complexity index is 700. The molecule has 1 unspecified atom stereocenters. The molecule has 1 aliphatic heterocycles. The van der Waals surface area contributed by atoms with Crippen LogP contribution in [0.5, 0.6) is 0 Å². The Morgan fingerprint density at radius 1 is 1.30 bits per heavy atom. The SMILES string of the molecule is CCc1ccc(C2CCCN2c2nc(N)nc(C(F)(F)F)n2)o1. The number of halogens is 3. The van der Waals surface area contributed by atoms with Crippen LogP contribution in [-0.4, -0.2) is 21.5 Å². The Kier molecular flexibility index (Phi) is 3.87. The van der Waals surface area contributed by atoms with E-state index in [9.17, 15) is 13.2 Å². The number of nitrogens with two attached hydrogens (primary N) is 1. The maximum Gasteiger partial charge on any atom is 0.451 e. The average Bonchev–Trinajstić information content (AvgIpc) is 3.14. The first-order valence-electron chi connectivity index (χ1n) is 7.32. The van der Waals surface area contributed by atoms with Crippen LogP contribution in [0.25, 0.3) is 0 Å². The van der Waals surface area contributed by atoms with Gasteiger partial charge in [0, 0.05) is 13.0 Å². The minimum absolute atomic E-state index is 0.0678. The number of rotatable bonds is 3. The van der Waals surface area contributed by atoms with Gasteiger partial charge in [0.25, 0.3) is 0 Å². The zero-order valence-electron chi connectivity index (χ0n) is 12.5. The van der Waals surface area contributed by atoms with E-state index in [2.05, 4.69) is 15.0 Å². The maximum absolute atomic E-state index is 12.9. The quantitative estimate of drug-likeness (QED) is 0.933. The fourth-order valence-electron chi connectivity index (χ4n) is 2.70. The van der Waals surface area contributed by atoms with Crippen molar-refractivity contribution < 1.29 is 17.6 Å². The molecule has 0 radical (unpaired) electrons. The molecule has 1 fully saturated rings. The molecule has 6 nitrogen and oxygen atoms in total. The van der Waals surface area contributed by atoms with Crippen LogP contribution in [0.3, 0.4) is 0 Å². The number of alkyl halides is 3. The lowest BCUT2D eigenvalue weighted by Gasteiger charge is -2.23. The molecule has 2 aromatic rings. The van der Waals surface area contributed by atoms with Crippen LogP contribution in [0, 0.1) is 0 Å². The van der Waals surface area contributed by atoms with E-state index in [4.69, 9.17) is 10.2 Å². The molecule has 2 aromatic heterocycles. The third kappa shape index (κ3) is 3.08. The number of aryl methyl sites for hydroxylation is 1. The van der Waals surface area contributed by atoms with Crippen molar-refractivity contribution >= 4 is 11.9 Å². The molecule has 9 heteroatoms. The Morgan fingerprint density at radius 2 is 2.09 bits per heavy atom. The molecule has 1 saturated heterocycles. The van der Waals surface area contributed by atoms with Gasteiger partial charge in [-0.3, -0.25) is 0 Å². The lowest BCUT2D eigenvalue weighted by Crippen LogP contribution is -2.27. The van der Waals surface area contributed by atoms with Gasteiger partial charge in [-0.05, 0) is 25.0 Å². The summed E-state index contributed by atoms with van der Waals surface area (Å²) in [5.41, 5.74) is 5.42. The Labute approximate surface area is 130 Å². The van der Waals surface area contributed by atoms with E-state index in [0.29, 0.717) is 12.3 Å². The van der Waals surface area contributed by atoms with E-state index in [-0.39, 0.29) is 12.0 Å². The lowest BCUT2D eigenvalue weighted by molar-refractivity contribution is -0.144. The van der Waals surface area contributed by atoms with Gasteiger partial charge in [0.2, 0.25) is 17.7 Å². The first-order chi connectivity index (χ1) is 10.9. The summed E-state index contributed by atoms with van der Waals surface area (Å²) in [6.45, 7) is 2.50. The molecular formula is C14H16F3N5O. The second-order valence-corrected chi connectivity index (χ2v) is 5.32. The highest BCUT2D eigenvalue weighted by atomic mass is 19.4. The van der Waals surface area contributed by atoms with Crippen LogP contribution in [0.4, 0.5) is 25.1 Å². The summed E-state index contributed by atoms with van der Waals surface area (Å²) in [6.07, 6.45) is -2.35. The highest BCUT2D eigenvalue weighted by Gasteiger charge is 2.38. The summed E-state index contributed by atoms with van der Waals surface area (Å²) < 4.78 is 44.3. The maximum atomic E-state index is 12.9. The smallest absolute Gasteiger partial charge is 0.451 e. The van der Waals surface area contributed by atoms with Crippen molar-refractivity contribution in [2.24, 2.45) is 0 Å². The van der Waals surface area contributed by atoms with Gasteiger partial charge < -0.3 is 15.1 Å². The molecule has 3 heterocycles. The summed E-state index contributed by atoms with van der Waals surface area (Å²) in [4.78, 5) is 12.3. The number of nitrogens with zero attached hydrogens (tertiary/aromatic N) is 4. The van der Waals surface area contributed by atoms with E-state index in [1.165, 1.54) is 0 Å². The topological polar surface area (TPSA) is 81.1 Å². The zero-order valence-corrected chi connectivity index (χ0v) is 12.5. The molecule has 23 heavy (non-hydrogen) atoms. The standard InChI is InChI=1S/C14H16F3N5O/c1-2-8-5-6-10(23-8)9-4-3-7-22(9)13-20-11(14(15,16)17)19-12(18)21-13/h5-6,9H,2-4,7H2,1H3,(H2,18,19,20,21). The first-order valence-corrected chi connectivity index (χ1v) is 7.32. The zero-order chi connectivity index (χ0) is 16.6. The fourth-order valence-corrected chi connectivity index (χ4v) is 2.70. The number of furan rings is 1. The third-order valence-corrected chi connectivity index (χ3v) is 3.76. The second kappa shape index (κ2) is 5.71. The van der Waals surface area contributed by atoms with Crippen molar-refractivity contribution in [1.29, 1.82) is 0 Å². The monoisotopic (exact) mass is 327 g/mol. The van der Waals surface area contributed by atoms with Gasteiger partial charge in [0.1, 0.15) is 11.5 Å². The number of anilines is 2. The third-order valence-electron chi connectivity index (χ3n) is 3.76. The van der Waals surface area contributed by atoms with Crippen LogP contribution < -0.4 is 10.6 Å². The molecule has 1 atom stereocenters. The largest absolute Gasteiger partial charge is 0.464 e. The molecule has 0 bridgehead atoms. The van der Waals surface area contributed by atoms with E-state index in [1.807, 2.05) is 19.1 Å². The number of nitrogen functional groups attached to an aromatic ring is 1. The lowest BCUT2D eigenvalue weighted by atomic mass is 10.2. The van der Waals surface area contributed by atoms with Gasteiger partial charge in [0.05, 0.1) is 6.04 Å². The van der Waals surface area contributed by atoms with Crippen molar-refractivity contribution in [2.75, 3.05) is 17.2 Å². The molecule has 124 valence electrons. The van der Waals surface area contributed by atoms with E-state index >= 15 is 0 Å². The number of aromatic nitrogens is 3. The highest BCUT2D eigenvalue weighted by Crippen LogP contribution is 2.36. The average molecular weight is 327 g/mol. The van der Waals surface area contributed by atoms with E-state index in [0.717, 1.165) is 25.0 Å². The summed E-state index contributed by atoms with van der Waals surface area (Å²) in [6, 6.07) is 3.52. The van der Waals surface area contributed by atoms with Crippen molar-refractivity contribution in [3.8, 4) is 0 Å². The molecule has 0 aromatic carbocycles. The van der Waals surface area contributed by atoms with Crippen LogP contribution in [0.1, 0.15) is 43.2 Å². The Balaban J connectivity index is 1.95. The highest BCUT2D eigenvalue weighted by molar-refractivity contribution is 5.39. The van der Waals surface area contributed by atoms with Crippen LogP contribution >= 0.6 is 0 Å². The van der Waals surface area contributed by atoms with Crippen molar-refractivity contribution in [1.82, 2.24) is 15.0 Å². The van der Waals surface area contributed by atoms with Gasteiger partial charge in [-0.1, -0.05) is 6.92 Å². The molecule has 1 aliphatic rings. The first kappa shape index (κ1) is 15.6. The van der Waals surface area contributed by atoms with Crippen molar-refractivity contribution in [3.05, 3.63) is 29.5 Å². The van der Waals surface area contributed by atoms with Gasteiger partial charge in [-0.15, -0.1) is 0 Å². The normalized spacial score (nSPS) is 18.6. The Hall–Kier alpha value is -2.32. The molecule has 0 aliphatic carbocycles. The summed E-state index contributed by atoms with van der Waals surface area (Å²) in [5, 5.41) is 0. The number of hydrogen-bond acceptors (Lipinski definition) is 6. The van der Waals surface area contributed by atoms with E-state index in [1.54, 1.807) is 4.90 Å². The van der Waals surface area contributed by atoms with Crippen LogP contribution in [-0.2, 0) is 12.6 Å².